The number of carboxylic acids is 2. The third kappa shape index (κ3) is 23.1. The summed E-state index contributed by atoms with van der Waals surface area (Å²) in [5, 5.41) is 40.5. The lowest BCUT2D eigenvalue weighted by atomic mass is 10.00. The second-order valence-corrected chi connectivity index (χ2v) is 18.1. The molecule has 34 heteroatoms. The highest BCUT2D eigenvalue weighted by Gasteiger charge is 2.45. The van der Waals surface area contributed by atoms with Gasteiger partial charge in [0.1, 0.15) is 25.1 Å². The first-order chi connectivity index (χ1) is 37.5. The molecule has 80 heavy (non-hydrogen) atoms. The van der Waals surface area contributed by atoms with Crippen LogP contribution in [0.25, 0.3) is 0 Å². The lowest BCUT2D eigenvalue weighted by Crippen LogP contribution is -2.69. The van der Waals surface area contributed by atoms with E-state index in [1.54, 1.807) is 0 Å². The maximum absolute atomic E-state index is 14.7. The van der Waals surface area contributed by atoms with Gasteiger partial charge in [0.15, 0.2) is 60.1 Å². The largest absolute Gasteiger partial charge is 0.481 e. The number of amides is 7. The van der Waals surface area contributed by atoms with Crippen molar-refractivity contribution in [2.75, 3.05) is 13.7 Å². The monoisotopic (exact) mass is 1140 g/mol. The van der Waals surface area contributed by atoms with E-state index in [0.717, 1.165) is 34.8 Å². The third-order valence-electron chi connectivity index (χ3n) is 11.2. The fourth-order valence-electron chi connectivity index (χ4n) is 6.88. The Morgan fingerprint density at radius 1 is 0.662 bits per heavy atom. The van der Waals surface area contributed by atoms with Crippen LogP contribution in [0.1, 0.15) is 73.1 Å². The van der Waals surface area contributed by atoms with E-state index in [4.69, 9.17) is 22.3 Å². The van der Waals surface area contributed by atoms with Gasteiger partial charge in [-0.1, -0.05) is 12.2 Å². The van der Waals surface area contributed by atoms with Crippen molar-refractivity contribution in [1.29, 1.82) is 0 Å². The number of ketones is 3. The Bertz CT molecular complexity index is 2350. The highest BCUT2D eigenvalue weighted by atomic mass is 16.5. The van der Waals surface area contributed by atoms with E-state index in [0.29, 0.717) is 11.2 Å². The molecule has 0 bridgehead atoms. The quantitative estimate of drug-likeness (QED) is 0.00935. The minimum absolute atomic E-state index is 0.150. The van der Waals surface area contributed by atoms with Crippen LogP contribution in [0.3, 0.4) is 0 Å². The molecule has 0 saturated heterocycles. The molecule has 34 nitrogen and oxygen atoms in total. The number of aliphatic carboxylic acids is 2. The second-order valence-electron chi connectivity index (χ2n) is 18.1. The summed E-state index contributed by atoms with van der Waals surface area (Å²) in [6.07, 6.45) is -7.74. The molecule has 0 spiro atoms. The van der Waals surface area contributed by atoms with Crippen molar-refractivity contribution in [1.82, 2.24) is 58.1 Å². The Morgan fingerprint density at radius 3 is 1.65 bits per heavy atom. The van der Waals surface area contributed by atoms with Gasteiger partial charge in [-0.25, -0.2) is 4.79 Å². The first-order valence-electron chi connectivity index (χ1n) is 24.5. The molecule has 1 aliphatic heterocycles. The predicted molar refractivity (Wildman–Crippen MR) is 270 cm³/mol. The van der Waals surface area contributed by atoms with Crippen LogP contribution in [-0.2, 0) is 86.2 Å². The van der Waals surface area contributed by atoms with Crippen molar-refractivity contribution in [3.05, 3.63) is 12.2 Å². The zero-order valence-corrected chi connectivity index (χ0v) is 44.4. The van der Waals surface area contributed by atoms with Crippen LogP contribution >= 0.6 is 0 Å². The maximum atomic E-state index is 14.7. The van der Waals surface area contributed by atoms with Gasteiger partial charge < -0.3 is 88.1 Å². The number of esters is 1. The molecule has 0 aromatic rings. The Hall–Kier alpha value is -8.15. The van der Waals surface area contributed by atoms with E-state index in [2.05, 4.69) is 47.3 Å². The Balaban J connectivity index is 4.03. The average molecular weight is 1140 g/mol. The van der Waals surface area contributed by atoms with Gasteiger partial charge >= 0.3 is 17.9 Å². The summed E-state index contributed by atoms with van der Waals surface area (Å²) >= 11 is 0. The number of rotatable bonds is 34. The van der Waals surface area contributed by atoms with Crippen molar-refractivity contribution < 1.29 is 96.5 Å². The molecular weight excluding hydrogens is 1070 g/mol. The first kappa shape index (κ1) is 69.9. The molecular formula is C46H70N14O20. The number of ether oxygens (including phenoxy) is 1. The van der Waals surface area contributed by atoms with Gasteiger partial charge in [-0.2, -0.15) is 0 Å². The van der Waals surface area contributed by atoms with Crippen molar-refractivity contribution in [2.45, 2.75) is 158 Å². The Labute approximate surface area is 456 Å². The maximum Gasteiger partial charge on any atom is 0.343 e. The van der Waals surface area contributed by atoms with E-state index in [1.807, 2.05) is 10.6 Å². The standard InChI is InChI=1S/C46H70N14O20/c1-20(16-61)50-36(42(75)55-30(35(72)26(49)12-14-29(68)69)40(73)59-39(46(79)80-6)52-22(3)18-63)58-44(77)37(51-21(2)17-62)57-41(74)32(34(71)24(5)48)60-15-9-7-8-10-27(65)54-38(53-25(19-64)11-13-28(66)67)43(76)56-31(45(60)78)33(70)23(4)47/h7,9,16-26,30-32,36-39,50-53H,8,10-15,47-49H2,1-6H3,(H,54,65)(H,55,75)(H,56,76)(H,57,74)(H,58,77)(H,59,73)(H,66,67)(H,68,69)/b9-7+/t20-,21-,22-,23-,24-,25+,26-,30-,31-,32-,36?,37+,38+,39+/m0/s1. The van der Waals surface area contributed by atoms with Gasteiger partial charge in [0.25, 0.3) is 35.4 Å². The van der Waals surface area contributed by atoms with Crippen LogP contribution in [0, 0.1) is 0 Å². The van der Waals surface area contributed by atoms with Crippen molar-refractivity contribution in [3.63, 3.8) is 0 Å². The molecule has 0 radical (unpaired) electrons. The van der Waals surface area contributed by atoms with Gasteiger partial charge in [-0.3, -0.25) is 78.8 Å². The number of methoxy groups -OCH3 is 1. The number of carbonyl (C=O) groups is 17. The van der Waals surface area contributed by atoms with Crippen LogP contribution in [0.5, 0.6) is 0 Å². The normalized spacial score (nSPS) is 19.9. The number of allylic oxidation sites excluding steroid dienone is 1. The summed E-state index contributed by atoms with van der Waals surface area (Å²) in [5.41, 5.74) is 17.8. The summed E-state index contributed by atoms with van der Waals surface area (Å²) in [6, 6.07) is -17.7. The first-order valence-corrected chi connectivity index (χ1v) is 24.5. The minimum Gasteiger partial charge on any atom is -0.481 e. The van der Waals surface area contributed by atoms with E-state index < -0.39 is 194 Å². The zero-order chi connectivity index (χ0) is 61.1. The Morgan fingerprint density at radius 2 is 1.16 bits per heavy atom. The number of carboxylic acid groups (broad SMARTS) is 2. The van der Waals surface area contributed by atoms with E-state index in [9.17, 15) is 86.6 Å². The van der Waals surface area contributed by atoms with Crippen LogP contribution in [0.2, 0.25) is 0 Å². The summed E-state index contributed by atoms with van der Waals surface area (Å²) in [5.74, 6) is -17.8. The molecule has 0 aliphatic carbocycles. The van der Waals surface area contributed by atoms with Crippen LogP contribution in [0.4, 0.5) is 0 Å². The molecule has 1 unspecified atom stereocenters. The SMILES string of the molecule is COC(=O)[C@@H](NC(=O)[C@@H](NC(=O)C(NC(=O)[C@@H](NC(=O)[C@H](C(=O)[C@H](C)N)N1C/C=C/CCC(=O)N[C@@H](N[C@@H](C=O)CCC(=O)O)C(=O)N[C@@H](C(=O)[C@H](C)N)C1=O)N[C@@H](C)C=O)N[C@@H](C)C=O)C(=O)[C@@H](N)CCC(=O)O)N[C@@H](C)C=O. The second kappa shape index (κ2) is 34.7. The summed E-state index contributed by atoms with van der Waals surface area (Å²) in [4.78, 5) is 223. The van der Waals surface area contributed by atoms with Crippen LogP contribution in [-0.4, -0.2) is 216 Å². The lowest BCUT2D eigenvalue weighted by Gasteiger charge is -2.34. The molecule has 1 aliphatic rings. The number of nitrogens with one attached hydrogen (secondary N) is 10. The molecule has 0 aromatic heterocycles. The van der Waals surface area contributed by atoms with Crippen molar-refractivity contribution in [2.24, 2.45) is 17.2 Å². The molecule has 444 valence electrons. The van der Waals surface area contributed by atoms with Crippen molar-refractivity contribution >= 4 is 102 Å². The molecule has 0 saturated carbocycles. The van der Waals surface area contributed by atoms with Gasteiger partial charge in [0.2, 0.25) is 5.91 Å². The molecule has 18 N–H and O–H groups in total. The third-order valence-corrected chi connectivity index (χ3v) is 11.2. The number of Topliss-reactive ketones (excluding diaryl/α,β-unsaturated/α-hetero) is 3. The summed E-state index contributed by atoms with van der Waals surface area (Å²) < 4.78 is 4.63. The smallest absolute Gasteiger partial charge is 0.343 e. The fourth-order valence-corrected chi connectivity index (χ4v) is 6.88. The number of carbonyl (C=O) groups excluding carboxylic acids is 15. The zero-order valence-electron chi connectivity index (χ0n) is 44.4. The minimum atomic E-state index is -2.48. The molecule has 7 amide bonds. The van der Waals surface area contributed by atoms with Gasteiger partial charge in [-0.05, 0) is 53.9 Å². The van der Waals surface area contributed by atoms with Gasteiger partial charge in [0, 0.05) is 25.8 Å². The van der Waals surface area contributed by atoms with E-state index >= 15 is 0 Å². The number of nitrogens with two attached hydrogens (primary N) is 3. The fraction of sp³-hybridized carbons (Fsp3) is 0.587. The van der Waals surface area contributed by atoms with Gasteiger partial charge in [-0.15, -0.1) is 0 Å². The van der Waals surface area contributed by atoms with E-state index in [1.165, 1.54) is 19.1 Å². The van der Waals surface area contributed by atoms with Crippen LogP contribution < -0.4 is 70.4 Å². The highest BCUT2D eigenvalue weighted by molar-refractivity contribution is 6.15. The molecule has 1 heterocycles. The lowest BCUT2D eigenvalue weighted by molar-refractivity contribution is -0.151. The van der Waals surface area contributed by atoms with Crippen LogP contribution in [0.15, 0.2) is 12.2 Å². The van der Waals surface area contributed by atoms with E-state index in [-0.39, 0.29) is 31.7 Å². The van der Waals surface area contributed by atoms with Crippen molar-refractivity contribution in [3.8, 4) is 0 Å². The summed E-state index contributed by atoms with van der Waals surface area (Å²) in [6.45, 7) is 4.95. The average Bonchev–Trinajstić information content (AvgIpc) is 3.41. The topological polar surface area (TPSA) is 541 Å². The summed E-state index contributed by atoms with van der Waals surface area (Å²) in [7, 11) is 0.895. The number of hydrogen-bond donors (Lipinski definition) is 15. The molecule has 14 atom stereocenters. The number of nitrogens with zero attached hydrogens (tertiary/aromatic N) is 1. The molecule has 1 rings (SSSR count). The molecule has 0 aromatic carbocycles. The molecule has 0 fully saturated rings. The number of aldehydes is 4. The number of hydrogen-bond acceptors (Lipinski definition) is 25. The highest BCUT2D eigenvalue weighted by Crippen LogP contribution is 2.13. The van der Waals surface area contributed by atoms with Gasteiger partial charge in [0.05, 0.1) is 49.4 Å². The predicted octanol–water partition coefficient (Wildman–Crippen LogP) is -9.41. The Kier molecular flexibility index (Phi) is 30.3.